The van der Waals surface area contributed by atoms with E-state index in [0.29, 0.717) is 0 Å². The van der Waals surface area contributed by atoms with Crippen molar-refractivity contribution in [2.45, 2.75) is 20.5 Å². The van der Waals surface area contributed by atoms with Crippen LogP contribution in [0.15, 0.2) is 44.1 Å². The van der Waals surface area contributed by atoms with Crippen LogP contribution in [0.1, 0.15) is 12.5 Å². The van der Waals surface area contributed by atoms with Crippen molar-refractivity contribution in [2.75, 3.05) is 0 Å². The lowest BCUT2D eigenvalue weighted by molar-refractivity contribution is -0.700. The Morgan fingerprint density at radius 3 is 2.89 bits per heavy atom. The number of hydrogen-bond acceptors (Lipinski definition) is 2. The van der Waals surface area contributed by atoms with Crippen molar-refractivity contribution in [3.63, 3.8) is 0 Å². The number of allylic oxidation sites excluding steroid dienone is 2. The van der Waals surface area contributed by atoms with Crippen molar-refractivity contribution in [1.29, 1.82) is 0 Å². The van der Waals surface area contributed by atoms with Crippen LogP contribution >= 0.6 is 31.9 Å². The van der Waals surface area contributed by atoms with Crippen molar-refractivity contribution < 1.29 is 4.57 Å². The molecule has 0 saturated carbocycles. The number of rotatable bonds is 0. The molecule has 2 aliphatic heterocycles. The zero-order valence-corrected chi connectivity index (χ0v) is 13.3. The van der Waals surface area contributed by atoms with Crippen LogP contribution in [-0.4, -0.2) is 10.7 Å². The van der Waals surface area contributed by atoms with Crippen LogP contribution in [0.5, 0.6) is 0 Å². The molecule has 0 radical (unpaired) electrons. The standard InChI is InChI=1S/C13H12Br2N3/c1-8-3-10(14)5-17-7-18-6-11(15)4-9(2)13(18)16-12(8)17/h3-6H,7H2,1-2H3/q+1. The molecule has 92 valence electrons. The maximum atomic E-state index is 4.77. The van der Waals surface area contributed by atoms with Crippen molar-refractivity contribution in [3.05, 3.63) is 44.6 Å². The summed E-state index contributed by atoms with van der Waals surface area (Å²) in [5.74, 6) is 2.06. The minimum absolute atomic E-state index is 0.786. The molecular formula is C13H12Br2N3+. The maximum absolute atomic E-state index is 4.77. The van der Waals surface area contributed by atoms with Gasteiger partial charge in [-0.15, -0.1) is 0 Å². The third-order valence-corrected chi connectivity index (χ3v) is 3.90. The van der Waals surface area contributed by atoms with Gasteiger partial charge in [-0.05, 0) is 62.8 Å². The first-order valence-electron chi connectivity index (χ1n) is 5.65. The lowest BCUT2D eigenvalue weighted by Gasteiger charge is -2.25. The Balaban J connectivity index is 2.17. The first-order chi connectivity index (χ1) is 8.54. The molecule has 2 aliphatic rings. The zero-order valence-electron chi connectivity index (χ0n) is 10.1. The minimum atomic E-state index is 0.786. The predicted molar refractivity (Wildman–Crippen MR) is 78.8 cm³/mol. The largest absolute Gasteiger partial charge is 0.330 e. The van der Waals surface area contributed by atoms with E-state index in [1.165, 1.54) is 11.1 Å². The van der Waals surface area contributed by atoms with E-state index in [9.17, 15) is 0 Å². The third kappa shape index (κ3) is 1.95. The summed E-state index contributed by atoms with van der Waals surface area (Å²) >= 11 is 7.06. The molecule has 0 aromatic carbocycles. The number of aromatic nitrogens is 1. The third-order valence-electron chi connectivity index (χ3n) is 3.03. The van der Waals surface area contributed by atoms with Crippen LogP contribution in [0.3, 0.4) is 0 Å². The minimum Gasteiger partial charge on any atom is -0.273 e. The Hall–Kier alpha value is -0.940. The lowest BCUT2D eigenvalue weighted by atomic mass is 10.1. The van der Waals surface area contributed by atoms with E-state index in [0.717, 1.165) is 27.3 Å². The zero-order chi connectivity index (χ0) is 12.9. The number of amidine groups is 1. The Morgan fingerprint density at radius 2 is 2.11 bits per heavy atom. The fourth-order valence-electron chi connectivity index (χ4n) is 2.28. The molecule has 5 heteroatoms. The Morgan fingerprint density at radius 1 is 1.33 bits per heavy atom. The van der Waals surface area contributed by atoms with E-state index < -0.39 is 0 Å². The van der Waals surface area contributed by atoms with Crippen molar-refractivity contribution in [2.24, 2.45) is 4.99 Å². The second-order valence-corrected chi connectivity index (χ2v) is 6.35. The van der Waals surface area contributed by atoms with Gasteiger partial charge in [-0.25, -0.2) is 4.57 Å². The van der Waals surface area contributed by atoms with Crippen LogP contribution in [0.25, 0.3) is 0 Å². The average molecular weight is 370 g/mol. The molecule has 3 rings (SSSR count). The highest BCUT2D eigenvalue weighted by atomic mass is 79.9. The average Bonchev–Trinajstić information content (AvgIpc) is 2.26. The number of aryl methyl sites for hydroxylation is 1. The molecule has 3 heterocycles. The van der Waals surface area contributed by atoms with Crippen LogP contribution < -0.4 is 4.57 Å². The number of halogens is 2. The van der Waals surface area contributed by atoms with E-state index in [2.05, 4.69) is 79.7 Å². The van der Waals surface area contributed by atoms with Gasteiger partial charge >= 0.3 is 5.82 Å². The van der Waals surface area contributed by atoms with Gasteiger partial charge in [0.15, 0.2) is 6.67 Å². The van der Waals surface area contributed by atoms with Gasteiger partial charge in [0, 0.05) is 21.8 Å². The first kappa shape index (κ1) is 12.1. The molecule has 0 spiro atoms. The highest BCUT2D eigenvalue weighted by molar-refractivity contribution is 9.12. The second kappa shape index (κ2) is 4.31. The Bertz CT molecular complexity index is 629. The maximum Gasteiger partial charge on any atom is 0.330 e. The van der Waals surface area contributed by atoms with Gasteiger partial charge in [0.05, 0.1) is 4.47 Å². The number of pyridine rings is 1. The van der Waals surface area contributed by atoms with Gasteiger partial charge in [-0.3, -0.25) is 4.90 Å². The smallest absolute Gasteiger partial charge is 0.273 e. The van der Waals surface area contributed by atoms with E-state index in [1.807, 2.05) is 0 Å². The van der Waals surface area contributed by atoms with E-state index in [4.69, 9.17) is 4.99 Å². The lowest BCUT2D eigenvalue weighted by Crippen LogP contribution is -2.49. The highest BCUT2D eigenvalue weighted by Crippen LogP contribution is 2.27. The molecule has 1 aromatic rings. The van der Waals surface area contributed by atoms with Crippen LogP contribution in [0.2, 0.25) is 0 Å². The van der Waals surface area contributed by atoms with Crippen molar-refractivity contribution in [3.8, 4) is 0 Å². The summed E-state index contributed by atoms with van der Waals surface area (Å²) in [4.78, 5) is 6.93. The molecule has 1 aromatic heterocycles. The summed E-state index contributed by atoms with van der Waals surface area (Å²) in [7, 11) is 0. The predicted octanol–water partition coefficient (Wildman–Crippen LogP) is 3.54. The van der Waals surface area contributed by atoms with Crippen LogP contribution in [0.4, 0.5) is 5.82 Å². The molecule has 0 N–H and O–H groups in total. The summed E-state index contributed by atoms with van der Waals surface area (Å²) in [6.07, 6.45) is 6.23. The molecule has 0 unspecified atom stereocenters. The Labute approximate surface area is 123 Å². The first-order valence-corrected chi connectivity index (χ1v) is 7.24. The van der Waals surface area contributed by atoms with Gasteiger partial charge in [0.1, 0.15) is 6.20 Å². The monoisotopic (exact) mass is 368 g/mol. The summed E-state index contributed by atoms with van der Waals surface area (Å²) < 4.78 is 4.31. The molecule has 0 saturated heterocycles. The van der Waals surface area contributed by atoms with Crippen molar-refractivity contribution >= 4 is 43.5 Å². The van der Waals surface area contributed by atoms with Gasteiger partial charge in [0.25, 0.3) is 5.84 Å². The van der Waals surface area contributed by atoms with Gasteiger partial charge in [-0.2, -0.15) is 0 Å². The van der Waals surface area contributed by atoms with E-state index in [1.54, 1.807) is 0 Å². The number of fused-ring (bicyclic) bond motifs is 2. The molecule has 0 fully saturated rings. The summed E-state index contributed by atoms with van der Waals surface area (Å²) in [5.41, 5.74) is 2.36. The summed E-state index contributed by atoms with van der Waals surface area (Å²) in [6, 6.07) is 2.10. The molecule has 0 aliphatic carbocycles. The fourth-order valence-corrected chi connectivity index (χ4v) is 3.46. The van der Waals surface area contributed by atoms with Crippen molar-refractivity contribution in [1.82, 2.24) is 4.90 Å². The van der Waals surface area contributed by atoms with Crippen LogP contribution in [-0.2, 0) is 6.67 Å². The second-order valence-electron chi connectivity index (χ2n) is 4.52. The SMILES string of the molecule is CC1=CC(Br)=CN2C[n+]3cc(Br)cc(C)c3N=C12. The number of aliphatic imine (C=N–C) groups is 1. The molecule has 0 amide bonds. The summed E-state index contributed by atoms with van der Waals surface area (Å²) in [5, 5.41) is 0. The fraction of sp³-hybridized carbons (Fsp3) is 0.231. The van der Waals surface area contributed by atoms with Gasteiger partial charge in [-0.1, -0.05) is 0 Å². The quantitative estimate of drug-likeness (QED) is 0.640. The van der Waals surface area contributed by atoms with Gasteiger partial charge in [0.2, 0.25) is 0 Å². The van der Waals surface area contributed by atoms with E-state index >= 15 is 0 Å². The highest BCUT2D eigenvalue weighted by Gasteiger charge is 2.30. The number of nitrogens with zero attached hydrogens (tertiary/aromatic N) is 3. The topological polar surface area (TPSA) is 19.5 Å². The molecule has 18 heavy (non-hydrogen) atoms. The summed E-state index contributed by atoms with van der Waals surface area (Å²) in [6.45, 7) is 4.96. The molecular weight excluding hydrogens is 358 g/mol. The molecule has 3 nitrogen and oxygen atoms in total. The number of hydrogen-bond donors (Lipinski definition) is 0. The molecule has 0 atom stereocenters. The molecule has 0 bridgehead atoms. The van der Waals surface area contributed by atoms with E-state index in [-0.39, 0.29) is 0 Å². The van der Waals surface area contributed by atoms with Crippen LogP contribution in [0, 0.1) is 6.92 Å². The van der Waals surface area contributed by atoms with Gasteiger partial charge < -0.3 is 0 Å². The normalized spacial score (nSPS) is 17.6. The Kier molecular flexibility index (Phi) is 2.90.